The molecule has 1 heterocycles. The van der Waals surface area contributed by atoms with Crippen LogP contribution in [0.5, 0.6) is 0 Å². The van der Waals surface area contributed by atoms with Crippen molar-refractivity contribution in [1.29, 1.82) is 0 Å². The molecule has 0 aromatic carbocycles. The van der Waals surface area contributed by atoms with Gasteiger partial charge in [-0.15, -0.1) is 0 Å². The second-order valence-corrected chi connectivity index (χ2v) is 4.84. The largest absolute Gasteiger partial charge is 0.726 e. The van der Waals surface area contributed by atoms with Gasteiger partial charge in [-0.2, -0.15) is 0 Å². The predicted molar refractivity (Wildman–Crippen MR) is 57.2 cm³/mol. The Labute approximate surface area is 96.2 Å². The summed E-state index contributed by atoms with van der Waals surface area (Å²) in [6.07, 6.45) is 5.14. The van der Waals surface area contributed by atoms with E-state index >= 15 is 0 Å². The molecule has 1 N–H and O–H groups in total. The molecule has 0 unspecified atom stereocenters. The third kappa shape index (κ3) is 7.38. The van der Waals surface area contributed by atoms with Crippen LogP contribution in [0.4, 0.5) is 0 Å². The average Bonchev–Trinajstić information content (AvgIpc) is 2.51. The SMILES string of the molecule is CC(C)Cc1[nH]cc[n+]1C.COS(=O)(=O)[O-]. The van der Waals surface area contributed by atoms with Crippen molar-refractivity contribution >= 4 is 10.4 Å². The first kappa shape index (κ1) is 15.1. The number of hydrogen-bond acceptors (Lipinski definition) is 4. The maximum Gasteiger partial charge on any atom is 0.254 e. The van der Waals surface area contributed by atoms with Crippen LogP contribution in [0.15, 0.2) is 12.4 Å². The Morgan fingerprint density at radius 3 is 2.31 bits per heavy atom. The molecule has 0 aliphatic heterocycles. The van der Waals surface area contributed by atoms with Gasteiger partial charge in [-0.1, -0.05) is 13.8 Å². The Kier molecular flexibility index (Phi) is 6.24. The lowest BCUT2D eigenvalue weighted by Gasteiger charge is -1.98. The zero-order chi connectivity index (χ0) is 12.8. The number of rotatable bonds is 3. The first-order chi connectivity index (χ1) is 7.26. The molecule has 0 fully saturated rings. The summed E-state index contributed by atoms with van der Waals surface area (Å²) in [6, 6.07) is 0. The smallest absolute Gasteiger partial charge is 0.254 e. The molecule has 0 aliphatic carbocycles. The highest BCUT2D eigenvalue weighted by Crippen LogP contribution is 1.99. The number of aromatic nitrogens is 2. The lowest BCUT2D eigenvalue weighted by molar-refractivity contribution is -0.678. The van der Waals surface area contributed by atoms with Gasteiger partial charge < -0.3 is 4.55 Å². The van der Waals surface area contributed by atoms with Gasteiger partial charge >= 0.3 is 0 Å². The first-order valence-corrected chi connectivity index (χ1v) is 6.13. The highest BCUT2D eigenvalue weighted by Gasteiger charge is 2.07. The number of imidazole rings is 1. The molecular formula is C9H18N2O4S. The second kappa shape index (κ2) is 6.62. The van der Waals surface area contributed by atoms with Gasteiger partial charge in [-0.3, -0.25) is 4.18 Å². The van der Waals surface area contributed by atoms with Gasteiger partial charge in [0.15, 0.2) is 0 Å². The summed E-state index contributed by atoms with van der Waals surface area (Å²) in [7, 11) is -1.54. The van der Waals surface area contributed by atoms with E-state index in [0.29, 0.717) is 0 Å². The molecule has 16 heavy (non-hydrogen) atoms. The minimum atomic E-state index is -4.41. The molecule has 0 aliphatic rings. The fourth-order valence-corrected chi connectivity index (χ4v) is 1.03. The van der Waals surface area contributed by atoms with Gasteiger partial charge in [-0.05, 0) is 5.92 Å². The van der Waals surface area contributed by atoms with Gasteiger partial charge in [0, 0.05) is 0 Å². The van der Waals surface area contributed by atoms with Crippen LogP contribution >= 0.6 is 0 Å². The highest BCUT2D eigenvalue weighted by atomic mass is 32.3. The molecular weight excluding hydrogens is 232 g/mol. The number of H-pyrrole nitrogens is 1. The number of aryl methyl sites for hydroxylation is 1. The molecule has 0 radical (unpaired) electrons. The summed E-state index contributed by atoms with van der Waals surface area (Å²) in [6.45, 7) is 4.45. The second-order valence-electron chi connectivity index (χ2n) is 3.69. The van der Waals surface area contributed by atoms with Crippen molar-refractivity contribution < 1.29 is 21.7 Å². The van der Waals surface area contributed by atoms with Gasteiger partial charge in [0.2, 0.25) is 10.4 Å². The normalized spacial score (nSPS) is 11.1. The van der Waals surface area contributed by atoms with Crippen molar-refractivity contribution in [3.05, 3.63) is 18.2 Å². The fraction of sp³-hybridized carbons (Fsp3) is 0.667. The minimum absolute atomic E-state index is 0.727. The Morgan fingerprint density at radius 2 is 2.06 bits per heavy atom. The van der Waals surface area contributed by atoms with Crippen molar-refractivity contribution in [1.82, 2.24) is 4.98 Å². The van der Waals surface area contributed by atoms with Crippen LogP contribution in [-0.2, 0) is 28.1 Å². The topological polar surface area (TPSA) is 86.1 Å². The molecule has 0 amide bonds. The zero-order valence-electron chi connectivity index (χ0n) is 9.93. The Balaban J connectivity index is 0.000000325. The maximum atomic E-state index is 9.22. The van der Waals surface area contributed by atoms with E-state index in [-0.39, 0.29) is 0 Å². The van der Waals surface area contributed by atoms with Crippen LogP contribution in [0.3, 0.4) is 0 Å². The summed E-state index contributed by atoms with van der Waals surface area (Å²) >= 11 is 0. The minimum Gasteiger partial charge on any atom is -0.726 e. The molecule has 6 nitrogen and oxygen atoms in total. The lowest BCUT2D eigenvalue weighted by Crippen LogP contribution is -2.31. The van der Waals surface area contributed by atoms with Crippen LogP contribution in [0.2, 0.25) is 0 Å². The van der Waals surface area contributed by atoms with Crippen LogP contribution < -0.4 is 4.57 Å². The van der Waals surface area contributed by atoms with E-state index in [2.05, 4.69) is 34.6 Å². The Morgan fingerprint density at radius 1 is 1.56 bits per heavy atom. The van der Waals surface area contributed by atoms with E-state index in [1.54, 1.807) is 0 Å². The highest BCUT2D eigenvalue weighted by molar-refractivity contribution is 7.80. The van der Waals surface area contributed by atoms with E-state index in [1.165, 1.54) is 5.82 Å². The molecule has 0 saturated heterocycles. The van der Waals surface area contributed by atoms with Gasteiger partial charge in [0.05, 0.1) is 20.6 Å². The molecule has 0 saturated carbocycles. The molecule has 7 heteroatoms. The Bertz CT molecular complexity index is 397. The standard InChI is InChI=1S/C8H14N2.CH4O4S/c1-7(2)6-8-9-4-5-10(8)3;1-5-6(2,3)4/h4-5,7H,6H2,1-3H3;1H3,(H,2,3,4). The van der Waals surface area contributed by atoms with Crippen LogP contribution in [0.1, 0.15) is 19.7 Å². The van der Waals surface area contributed by atoms with Gasteiger partial charge in [0.1, 0.15) is 12.4 Å². The van der Waals surface area contributed by atoms with Crippen LogP contribution in [-0.4, -0.2) is 25.1 Å². The Hall–Kier alpha value is -0.920. The van der Waals surface area contributed by atoms with Crippen molar-refractivity contribution in [2.75, 3.05) is 7.11 Å². The van der Waals surface area contributed by atoms with E-state index in [9.17, 15) is 13.0 Å². The van der Waals surface area contributed by atoms with Crippen LogP contribution in [0.25, 0.3) is 0 Å². The third-order valence-electron chi connectivity index (χ3n) is 1.78. The average molecular weight is 250 g/mol. The van der Waals surface area contributed by atoms with Crippen LogP contribution in [0, 0.1) is 5.92 Å². The van der Waals surface area contributed by atoms with E-state index < -0.39 is 10.4 Å². The van der Waals surface area contributed by atoms with E-state index in [1.807, 2.05) is 12.4 Å². The van der Waals surface area contributed by atoms with Crippen molar-refractivity contribution in [2.24, 2.45) is 13.0 Å². The fourth-order valence-electron chi connectivity index (χ4n) is 1.03. The monoisotopic (exact) mass is 250 g/mol. The summed E-state index contributed by atoms with van der Waals surface area (Å²) in [5.74, 6) is 2.03. The molecule has 1 aromatic heterocycles. The molecule has 1 aromatic rings. The number of aromatic amines is 1. The molecule has 94 valence electrons. The molecule has 0 bridgehead atoms. The van der Waals surface area contributed by atoms with E-state index in [4.69, 9.17) is 0 Å². The molecule has 0 spiro atoms. The molecule has 1 rings (SSSR count). The van der Waals surface area contributed by atoms with Gasteiger partial charge in [-0.25, -0.2) is 18.0 Å². The van der Waals surface area contributed by atoms with Gasteiger partial charge in [0.25, 0.3) is 5.82 Å². The quantitative estimate of drug-likeness (QED) is 0.469. The summed E-state index contributed by atoms with van der Waals surface area (Å²) in [5, 5.41) is 0. The first-order valence-electron chi connectivity index (χ1n) is 4.79. The predicted octanol–water partition coefficient (Wildman–Crippen LogP) is 0.131. The van der Waals surface area contributed by atoms with Crippen molar-refractivity contribution in [3.63, 3.8) is 0 Å². The van der Waals surface area contributed by atoms with E-state index in [0.717, 1.165) is 19.4 Å². The zero-order valence-corrected chi connectivity index (χ0v) is 10.7. The number of nitrogens with one attached hydrogen (secondary N) is 1. The third-order valence-corrected chi connectivity index (χ3v) is 2.19. The number of nitrogens with zero attached hydrogens (tertiary/aromatic N) is 1. The molecule has 0 atom stereocenters. The van der Waals surface area contributed by atoms with Crippen molar-refractivity contribution in [2.45, 2.75) is 20.3 Å². The summed E-state index contributed by atoms with van der Waals surface area (Å²) in [5.41, 5.74) is 0. The van der Waals surface area contributed by atoms with Crippen molar-refractivity contribution in [3.8, 4) is 0 Å². The lowest BCUT2D eigenvalue weighted by atomic mass is 10.1. The summed E-state index contributed by atoms with van der Waals surface area (Å²) in [4.78, 5) is 3.20. The summed E-state index contributed by atoms with van der Waals surface area (Å²) < 4.78 is 33.1. The number of hydrogen-bond donors (Lipinski definition) is 1. The maximum absolute atomic E-state index is 9.22.